The minimum absolute atomic E-state index is 0.219. The number of likely N-dealkylation sites (N-methyl/N-ethyl adjacent to an activating group) is 1. The molecule has 110 valence electrons. The Kier molecular flexibility index (Phi) is 3.07. The summed E-state index contributed by atoms with van der Waals surface area (Å²) < 4.78 is 13.4. The van der Waals surface area contributed by atoms with Gasteiger partial charge in [-0.1, -0.05) is 0 Å². The van der Waals surface area contributed by atoms with Crippen LogP contribution in [0.1, 0.15) is 12.8 Å². The third-order valence-corrected chi connectivity index (χ3v) is 5.00. The van der Waals surface area contributed by atoms with E-state index in [9.17, 15) is 4.39 Å². The molecule has 1 aromatic carbocycles. The van der Waals surface area contributed by atoms with E-state index in [1.807, 2.05) is 0 Å². The molecule has 0 N–H and O–H groups in total. The molecule has 2 saturated heterocycles. The second kappa shape index (κ2) is 4.95. The number of piperidine rings is 1. The predicted octanol–water partition coefficient (Wildman–Crippen LogP) is 2.90. The zero-order valence-corrected chi connectivity index (χ0v) is 12.3. The van der Waals surface area contributed by atoms with Crippen LogP contribution in [0.15, 0.2) is 30.3 Å². The predicted molar refractivity (Wildman–Crippen MR) is 83.1 cm³/mol. The molecule has 1 aromatic heterocycles. The second-order valence-electron chi connectivity index (χ2n) is 6.37. The fourth-order valence-electron chi connectivity index (χ4n) is 3.82. The molecule has 0 saturated carbocycles. The molecule has 0 spiro atoms. The van der Waals surface area contributed by atoms with E-state index in [0.717, 1.165) is 35.7 Å². The molecular formula is C17H20FN3. The first-order valence-electron chi connectivity index (χ1n) is 7.72. The van der Waals surface area contributed by atoms with Gasteiger partial charge in [0.15, 0.2) is 0 Å². The molecule has 2 aromatic rings. The summed E-state index contributed by atoms with van der Waals surface area (Å²) in [7, 11) is 2.19. The number of aromatic nitrogens is 1. The minimum Gasteiger partial charge on any atom is -0.352 e. The van der Waals surface area contributed by atoms with Crippen LogP contribution < -0.4 is 4.90 Å². The molecule has 0 unspecified atom stereocenters. The molecular weight excluding hydrogens is 265 g/mol. The number of halogens is 1. The largest absolute Gasteiger partial charge is 0.352 e. The number of nitrogens with zero attached hydrogens (tertiary/aromatic N) is 3. The molecule has 21 heavy (non-hydrogen) atoms. The minimum atomic E-state index is -0.219. The smallest absolute Gasteiger partial charge is 0.129 e. The van der Waals surface area contributed by atoms with Gasteiger partial charge in [-0.15, -0.1) is 0 Å². The Hall–Kier alpha value is -1.68. The molecule has 2 atom stereocenters. The molecule has 2 fully saturated rings. The van der Waals surface area contributed by atoms with Gasteiger partial charge < -0.3 is 9.80 Å². The highest BCUT2D eigenvalue weighted by atomic mass is 19.1. The monoisotopic (exact) mass is 285 g/mol. The lowest BCUT2D eigenvalue weighted by Crippen LogP contribution is -2.46. The fraction of sp³-hybridized carbons (Fsp3) is 0.471. The van der Waals surface area contributed by atoms with E-state index in [2.05, 4.69) is 29.0 Å². The Bertz CT molecular complexity index is 672. The fourth-order valence-corrected chi connectivity index (χ4v) is 3.82. The van der Waals surface area contributed by atoms with Gasteiger partial charge in [0.05, 0.1) is 5.52 Å². The molecule has 0 amide bonds. The number of benzene rings is 1. The maximum absolute atomic E-state index is 13.4. The van der Waals surface area contributed by atoms with Crippen LogP contribution in [0.4, 0.5) is 10.2 Å². The molecule has 4 rings (SSSR count). The van der Waals surface area contributed by atoms with Crippen LogP contribution in [-0.4, -0.2) is 42.6 Å². The van der Waals surface area contributed by atoms with Gasteiger partial charge in [-0.3, -0.25) is 0 Å². The van der Waals surface area contributed by atoms with Crippen LogP contribution in [0.3, 0.4) is 0 Å². The lowest BCUT2D eigenvalue weighted by atomic mass is 9.92. The summed E-state index contributed by atoms with van der Waals surface area (Å²) in [5.74, 6) is 1.56. The maximum atomic E-state index is 13.4. The van der Waals surface area contributed by atoms with E-state index in [4.69, 9.17) is 4.98 Å². The van der Waals surface area contributed by atoms with Gasteiger partial charge >= 0.3 is 0 Å². The molecule has 3 heterocycles. The van der Waals surface area contributed by atoms with Crippen molar-refractivity contribution in [3.05, 3.63) is 36.1 Å². The molecule has 0 bridgehead atoms. The Balaban J connectivity index is 1.69. The highest BCUT2D eigenvalue weighted by Gasteiger charge is 2.37. The number of hydrogen-bond acceptors (Lipinski definition) is 3. The van der Waals surface area contributed by atoms with Crippen LogP contribution in [0.5, 0.6) is 0 Å². The van der Waals surface area contributed by atoms with Gasteiger partial charge in [0, 0.05) is 30.6 Å². The van der Waals surface area contributed by atoms with Gasteiger partial charge in [0.1, 0.15) is 11.6 Å². The highest BCUT2D eigenvalue weighted by molar-refractivity contribution is 5.80. The molecule has 0 radical (unpaired) electrons. The summed E-state index contributed by atoms with van der Waals surface area (Å²) in [5.41, 5.74) is 0.750. The van der Waals surface area contributed by atoms with Crippen molar-refractivity contribution in [2.24, 2.45) is 5.92 Å². The summed E-state index contributed by atoms with van der Waals surface area (Å²) in [6.45, 7) is 3.37. The lowest BCUT2D eigenvalue weighted by Gasteiger charge is -2.37. The number of fused-ring (bicyclic) bond motifs is 2. The Morgan fingerprint density at radius 1 is 1.14 bits per heavy atom. The zero-order valence-electron chi connectivity index (χ0n) is 12.3. The van der Waals surface area contributed by atoms with E-state index >= 15 is 0 Å². The van der Waals surface area contributed by atoms with Gasteiger partial charge in [-0.2, -0.15) is 0 Å². The first-order valence-corrected chi connectivity index (χ1v) is 7.72. The quantitative estimate of drug-likeness (QED) is 0.803. The third-order valence-electron chi connectivity index (χ3n) is 5.00. The third kappa shape index (κ3) is 2.27. The van der Waals surface area contributed by atoms with E-state index in [-0.39, 0.29) is 5.82 Å². The summed E-state index contributed by atoms with van der Waals surface area (Å²) in [4.78, 5) is 9.53. The summed E-state index contributed by atoms with van der Waals surface area (Å²) in [6, 6.07) is 9.50. The van der Waals surface area contributed by atoms with Gasteiger partial charge in [-0.25, -0.2) is 9.37 Å². The van der Waals surface area contributed by atoms with Crippen molar-refractivity contribution in [1.82, 2.24) is 9.88 Å². The zero-order chi connectivity index (χ0) is 14.4. The van der Waals surface area contributed by atoms with Crippen molar-refractivity contribution in [3.8, 4) is 0 Å². The summed E-state index contributed by atoms with van der Waals surface area (Å²) >= 11 is 0. The second-order valence-corrected chi connectivity index (χ2v) is 6.37. The normalized spacial score (nSPS) is 26.3. The summed E-state index contributed by atoms with van der Waals surface area (Å²) in [5, 5.41) is 0.997. The van der Waals surface area contributed by atoms with Crippen molar-refractivity contribution in [2.45, 2.75) is 18.9 Å². The van der Waals surface area contributed by atoms with E-state index in [0.29, 0.717) is 6.04 Å². The Morgan fingerprint density at radius 3 is 2.86 bits per heavy atom. The topological polar surface area (TPSA) is 19.4 Å². The van der Waals surface area contributed by atoms with E-state index in [1.54, 1.807) is 6.07 Å². The first kappa shape index (κ1) is 13.0. The van der Waals surface area contributed by atoms with Gasteiger partial charge in [0.2, 0.25) is 0 Å². The molecule has 4 heteroatoms. The molecule has 0 aliphatic carbocycles. The van der Waals surface area contributed by atoms with Crippen LogP contribution in [0, 0.1) is 11.7 Å². The lowest BCUT2D eigenvalue weighted by molar-refractivity contribution is 0.208. The Labute approximate surface area is 124 Å². The van der Waals surface area contributed by atoms with Crippen molar-refractivity contribution in [3.63, 3.8) is 0 Å². The van der Waals surface area contributed by atoms with Crippen molar-refractivity contribution >= 4 is 16.7 Å². The maximum Gasteiger partial charge on any atom is 0.129 e. The number of pyridine rings is 1. The molecule has 3 nitrogen and oxygen atoms in total. The highest BCUT2D eigenvalue weighted by Crippen LogP contribution is 2.34. The Morgan fingerprint density at radius 2 is 1.95 bits per heavy atom. The number of anilines is 1. The van der Waals surface area contributed by atoms with Crippen molar-refractivity contribution < 1.29 is 4.39 Å². The van der Waals surface area contributed by atoms with Gasteiger partial charge in [0.25, 0.3) is 0 Å². The van der Waals surface area contributed by atoms with E-state index in [1.165, 1.54) is 31.5 Å². The SMILES string of the molecule is CN1CC[C@@H]2CCN(c3ccc4ccc(F)cc4n3)[C@H]2C1. The standard InChI is InChI=1S/C17H20FN3/c1-20-8-6-13-7-9-21(16(13)11-20)17-5-3-12-2-4-14(18)10-15(12)19-17/h2-5,10,13,16H,6-9,11H2,1H3/t13-,16+/m1/s1. The van der Waals surface area contributed by atoms with Crippen LogP contribution in [0.25, 0.3) is 10.9 Å². The molecule has 2 aliphatic heterocycles. The van der Waals surface area contributed by atoms with Crippen LogP contribution in [0.2, 0.25) is 0 Å². The van der Waals surface area contributed by atoms with Crippen molar-refractivity contribution in [2.75, 3.05) is 31.6 Å². The molecule has 2 aliphatic rings. The van der Waals surface area contributed by atoms with Gasteiger partial charge in [-0.05, 0) is 56.6 Å². The average Bonchev–Trinajstić information content (AvgIpc) is 2.89. The van der Waals surface area contributed by atoms with Crippen LogP contribution in [-0.2, 0) is 0 Å². The number of hydrogen-bond donors (Lipinski definition) is 0. The van der Waals surface area contributed by atoms with Crippen molar-refractivity contribution in [1.29, 1.82) is 0 Å². The first-order chi connectivity index (χ1) is 10.2. The van der Waals surface area contributed by atoms with E-state index < -0.39 is 0 Å². The average molecular weight is 285 g/mol. The van der Waals surface area contributed by atoms with Crippen LogP contribution >= 0.6 is 0 Å². The summed E-state index contributed by atoms with van der Waals surface area (Å²) in [6.07, 6.45) is 2.53. The number of likely N-dealkylation sites (tertiary alicyclic amines) is 1. The number of rotatable bonds is 1.